The van der Waals surface area contributed by atoms with Gasteiger partial charge in [-0.2, -0.15) is 4.31 Å². The van der Waals surface area contributed by atoms with Gasteiger partial charge in [-0.05, 0) is 63.4 Å². The lowest BCUT2D eigenvalue weighted by Gasteiger charge is -2.27. The molecule has 2 amide bonds. The van der Waals surface area contributed by atoms with Crippen molar-refractivity contribution in [3.8, 4) is 11.1 Å². The zero-order chi connectivity index (χ0) is 33.3. The van der Waals surface area contributed by atoms with Crippen LogP contribution in [-0.2, 0) is 14.8 Å². The zero-order valence-electron chi connectivity index (χ0n) is 25.7. The van der Waals surface area contributed by atoms with Crippen LogP contribution in [0.1, 0.15) is 56.1 Å². The van der Waals surface area contributed by atoms with Gasteiger partial charge in [0.05, 0.1) is 10.5 Å². The van der Waals surface area contributed by atoms with Gasteiger partial charge in [0.15, 0.2) is 5.82 Å². The Morgan fingerprint density at radius 1 is 1.16 bits per heavy atom. The van der Waals surface area contributed by atoms with E-state index in [-0.39, 0.29) is 37.3 Å². The number of aromatic nitrogens is 1. The average Bonchev–Trinajstić information content (AvgIpc) is 3.41. The van der Waals surface area contributed by atoms with Crippen molar-refractivity contribution in [1.29, 1.82) is 0 Å². The van der Waals surface area contributed by atoms with Gasteiger partial charge in [-0.1, -0.05) is 19.4 Å². The maximum absolute atomic E-state index is 15.8. The number of nitrogens with one attached hydrogen (secondary N) is 1. The minimum atomic E-state index is -4.38. The Morgan fingerprint density at radius 2 is 1.82 bits per heavy atom. The molecule has 2 aromatic carbocycles. The third-order valence-corrected chi connectivity index (χ3v) is 9.48. The standard InChI is InChI=1S/C31H36F4N4O5S/c1-6-10-31(3,4)44-30(41)38(5)13-11-36-29(40)25-8-7-21-18(2)14-22(27(35)28(21)37-25)26-23(33)15-20(16-24(26)34)45(42,43)39-12-9-19(32)17-39/h7-8,14-16,19H,6,9-13,17H2,1-5H3,(H,36,40)/t19-/m0/s1. The van der Waals surface area contributed by atoms with E-state index < -0.39 is 73.8 Å². The molecule has 1 N–H and O–H groups in total. The SMILES string of the molecule is CCCC(C)(C)OC(=O)N(C)CCNC(=O)c1ccc2c(C)cc(-c3c(F)cc(S(=O)(=O)N4CC[C@H](F)C4)cc3F)c(F)c2n1. The number of pyridine rings is 1. The molecule has 45 heavy (non-hydrogen) atoms. The number of fused-ring (bicyclic) bond motifs is 1. The van der Waals surface area contributed by atoms with E-state index in [1.54, 1.807) is 6.92 Å². The lowest BCUT2D eigenvalue weighted by Crippen LogP contribution is -2.40. The van der Waals surface area contributed by atoms with Crippen LogP contribution in [0, 0.1) is 24.4 Å². The fourth-order valence-corrected chi connectivity index (χ4v) is 6.74. The lowest BCUT2D eigenvalue weighted by atomic mass is 9.98. The van der Waals surface area contributed by atoms with E-state index >= 15 is 13.2 Å². The van der Waals surface area contributed by atoms with Gasteiger partial charge in [-0.25, -0.2) is 35.8 Å². The van der Waals surface area contributed by atoms with E-state index in [1.165, 1.54) is 30.1 Å². The molecule has 0 bridgehead atoms. The molecule has 244 valence electrons. The number of aryl methyl sites for hydroxylation is 1. The predicted molar refractivity (Wildman–Crippen MR) is 160 cm³/mol. The van der Waals surface area contributed by atoms with E-state index in [0.29, 0.717) is 29.5 Å². The third kappa shape index (κ3) is 7.38. The number of carbonyl (C=O) groups excluding carboxylic acids is 2. The summed E-state index contributed by atoms with van der Waals surface area (Å²) in [5.41, 5.74) is -2.06. The molecule has 1 saturated heterocycles. The largest absolute Gasteiger partial charge is 0.443 e. The predicted octanol–water partition coefficient (Wildman–Crippen LogP) is 5.74. The van der Waals surface area contributed by atoms with Crippen molar-refractivity contribution in [2.24, 2.45) is 0 Å². The monoisotopic (exact) mass is 652 g/mol. The number of nitrogens with zero attached hydrogens (tertiary/aromatic N) is 3. The lowest BCUT2D eigenvalue weighted by molar-refractivity contribution is 0.0124. The minimum absolute atomic E-state index is 0.0276. The molecule has 0 saturated carbocycles. The number of benzene rings is 2. The highest BCUT2D eigenvalue weighted by Crippen LogP contribution is 2.36. The molecule has 1 aliphatic rings. The van der Waals surface area contributed by atoms with Gasteiger partial charge in [0.1, 0.15) is 34.6 Å². The topological polar surface area (TPSA) is 109 Å². The van der Waals surface area contributed by atoms with Crippen molar-refractivity contribution < 1.29 is 40.3 Å². The normalized spacial score (nSPS) is 15.8. The Balaban J connectivity index is 1.56. The van der Waals surface area contributed by atoms with Crippen LogP contribution in [-0.4, -0.2) is 79.6 Å². The Bertz CT molecular complexity index is 1710. The van der Waals surface area contributed by atoms with Gasteiger partial charge in [-0.15, -0.1) is 0 Å². The summed E-state index contributed by atoms with van der Waals surface area (Å²) in [6.07, 6.45) is -0.438. The second-order valence-corrected chi connectivity index (χ2v) is 13.7. The Hall–Kier alpha value is -3.78. The smallest absolute Gasteiger partial charge is 0.410 e. The van der Waals surface area contributed by atoms with Gasteiger partial charge < -0.3 is 15.0 Å². The number of hydrogen-bond donors (Lipinski definition) is 1. The highest BCUT2D eigenvalue weighted by atomic mass is 32.2. The summed E-state index contributed by atoms with van der Waals surface area (Å²) in [5, 5.41) is 2.90. The van der Waals surface area contributed by atoms with Gasteiger partial charge >= 0.3 is 6.09 Å². The number of ether oxygens (including phenoxy) is 1. The van der Waals surface area contributed by atoms with Crippen LogP contribution in [0.5, 0.6) is 0 Å². The second-order valence-electron chi connectivity index (χ2n) is 11.7. The van der Waals surface area contributed by atoms with E-state index in [2.05, 4.69) is 10.3 Å². The first-order valence-corrected chi connectivity index (χ1v) is 16.0. The molecule has 9 nitrogen and oxygen atoms in total. The van der Waals surface area contributed by atoms with Gasteiger partial charge in [0, 0.05) is 44.2 Å². The molecule has 4 rings (SSSR count). The van der Waals surface area contributed by atoms with Crippen LogP contribution in [0.3, 0.4) is 0 Å². The molecule has 0 spiro atoms. The maximum atomic E-state index is 15.8. The molecule has 14 heteroatoms. The number of carbonyl (C=O) groups is 2. The van der Waals surface area contributed by atoms with Crippen molar-refractivity contribution in [2.75, 3.05) is 33.2 Å². The number of amides is 2. The van der Waals surface area contributed by atoms with Crippen molar-refractivity contribution in [3.05, 3.63) is 59.0 Å². The molecule has 2 heterocycles. The van der Waals surface area contributed by atoms with Crippen LogP contribution in [0.25, 0.3) is 22.0 Å². The van der Waals surface area contributed by atoms with Gasteiger partial charge in [0.2, 0.25) is 10.0 Å². The number of hydrogen-bond acceptors (Lipinski definition) is 6. The molecule has 0 unspecified atom stereocenters. The average molecular weight is 653 g/mol. The van der Waals surface area contributed by atoms with Crippen LogP contribution in [0.4, 0.5) is 22.4 Å². The quantitative estimate of drug-likeness (QED) is 0.280. The first-order chi connectivity index (χ1) is 21.1. The molecule has 3 aromatic rings. The van der Waals surface area contributed by atoms with Crippen molar-refractivity contribution in [2.45, 2.75) is 63.6 Å². The number of sulfonamides is 1. The summed E-state index contributed by atoms with van der Waals surface area (Å²) >= 11 is 0. The van der Waals surface area contributed by atoms with Crippen molar-refractivity contribution in [3.63, 3.8) is 0 Å². The minimum Gasteiger partial charge on any atom is -0.443 e. The highest BCUT2D eigenvalue weighted by molar-refractivity contribution is 7.89. The van der Waals surface area contributed by atoms with E-state index in [1.807, 2.05) is 20.8 Å². The summed E-state index contributed by atoms with van der Waals surface area (Å²) in [7, 11) is -2.85. The third-order valence-electron chi connectivity index (χ3n) is 7.63. The van der Waals surface area contributed by atoms with E-state index in [4.69, 9.17) is 4.74 Å². The Labute approximate surface area is 259 Å². The van der Waals surface area contributed by atoms with Crippen LogP contribution < -0.4 is 5.32 Å². The van der Waals surface area contributed by atoms with Gasteiger partial charge in [0.25, 0.3) is 5.91 Å². The highest BCUT2D eigenvalue weighted by Gasteiger charge is 2.34. The van der Waals surface area contributed by atoms with Crippen LogP contribution in [0.2, 0.25) is 0 Å². The molecule has 1 atom stereocenters. The molecular formula is C31H36F4N4O5S. The Kier molecular flexibility index (Phi) is 10.1. The van der Waals surface area contributed by atoms with Crippen molar-refractivity contribution in [1.82, 2.24) is 19.5 Å². The molecule has 0 radical (unpaired) electrons. The summed E-state index contributed by atoms with van der Waals surface area (Å²) in [4.78, 5) is 29.9. The molecule has 1 aromatic heterocycles. The summed E-state index contributed by atoms with van der Waals surface area (Å²) in [5.74, 6) is -4.46. The van der Waals surface area contributed by atoms with Crippen molar-refractivity contribution >= 4 is 32.9 Å². The molecule has 1 aliphatic heterocycles. The summed E-state index contributed by atoms with van der Waals surface area (Å²) < 4.78 is 92.0. The van der Waals surface area contributed by atoms with Crippen LogP contribution in [0.15, 0.2) is 35.2 Å². The number of likely N-dealkylation sites (N-methyl/N-ethyl adjacent to an activating group) is 1. The summed E-state index contributed by atoms with van der Waals surface area (Å²) in [6.45, 7) is 6.77. The summed E-state index contributed by atoms with van der Waals surface area (Å²) in [6, 6.07) is 5.19. The fraction of sp³-hybridized carbons (Fsp3) is 0.452. The van der Waals surface area contributed by atoms with E-state index in [0.717, 1.165) is 10.7 Å². The van der Waals surface area contributed by atoms with Gasteiger partial charge in [-0.3, -0.25) is 4.79 Å². The maximum Gasteiger partial charge on any atom is 0.410 e. The molecule has 0 aliphatic carbocycles. The molecule has 1 fully saturated rings. The fourth-order valence-electron chi connectivity index (χ4n) is 5.24. The number of rotatable bonds is 10. The van der Waals surface area contributed by atoms with Crippen LogP contribution >= 0.6 is 0 Å². The first-order valence-electron chi connectivity index (χ1n) is 14.5. The Morgan fingerprint density at radius 3 is 2.42 bits per heavy atom. The zero-order valence-corrected chi connectivity index (χ0v) is 26.5. The second kappa shape index (κ2) is 13.3. The molecular weight excluding hydrogens is 616 g/mol. The number of alkyl halides is 1. The van der Waals surface area contributed by atoms with E-state index in [9.17, 15) is 22.4 Å². The number of halogens is 4. The first kappa shape index (κ1) is 34.1.